The summed E-state index contributed by atoms with van der Waals surface area (Å²) in [5.41, 5.74) is 0.895. The number of hydrogen-bond donors (Lipinski definition) is 0. The third-order valence-electron chi connectivity index (χ3n) is 4.15. The average molecular weight is 328 g/mol. The number of ether oxygens (including phenoxy) is 1. The van der Waals surface area contributed by atoms with Gasteiger partial charge >= 0.3 is 0 Å². The van der Waals surface area contributed by atoms with Gasteiger partial charge in [-0.3, -0.25) is 4.84 Å². The molecule has 1 aliphatic rings. The Morgan fingerprint density at radius 2 is 1.91 bits per heavy atom. The van der Waals surface area contributed by atoms with Gasteiger partial charge in [0, 0.05) is 20.1 Å². The van der Waals surface area contributed by atoms with Crippen molar-refractivity contribution in [3.05, 3.63) is 29.8 Å². The normalized spacial score (nSPS) is 23.4. The second kappa shape index (κ2) is 6.54. The molecule has 1 heterocycles. The molecule has 0 N–H and O–H groups in total. The lowest BCUT2D eigenvalue weighted by molar-refractivity contribution is -0.110. The van der Waals surface area contributed by atoms with Crippen LogP contribution in [-0.2, 0) is 14.9 Å². The molecule has 1 saturated heterocycles. The van der Waals surface area contributed by atoms with Gasteiger partial charge in [0.05, 0.1) is 19.8 Å². The van der Waals surface area contributed by atoms with Crippen molar-refractivity contribution in [2.75, 3.05) is 27.8 Å². The summed E-state index contributed by atoms with van der Waals surface area (Å²) >= 11 is 0. The Kier molecular flexibility index (Phi) is 5.11. The monoisotopic (exact) mass is 328 g/mol. The van der Waals surface area contributed by atoms with Gasteiger partial charge in [0.2, 0.25) is 10.0 Å². The Labute approximate surface area is 132 Å². The second-order valence-corrected chi connectivity index (χ2v) is 7.96. The summed E-state index contributed by atoms with van der Waals surface area (Å²) < 4.78 is 32.2. The van der Waals surface area contributed by atoms with E-state index in [9.17, 15) is 8.42 Å². The highest BCUT2D eigenvalue weighted by molar-refractivity contribution is 7.89. The molecule has 124 valence electrons. The predicted octanol–water partition coefficient (Wildman–Crippen LogP) is 1.65. The lowest BCUT2D eigenvalue weighted by Gasteiger charge is -2.28. The number of hydroxylamine groups is 2. The summed E-state index contributed by atoms with van der Waals surface area (Å²) in [4.78, 5) is 5.50. The van der Waals surface area contributed by atoms with E-state index in [1.807, 2.05) is 38.1 Å². The topological polar surface area (TPSA) is 59.1 Å². The fourth-order valence-corrected chi connectivity index (χ4v) is 4.48. The number of benzene rings is 1. The molecule has 1 aromatic rings. The zero-order valence-corrected chi connectivity index (χ0v) is 14.5. The van der Waals surface area contributed by atoms with Crippen molar-refractivity contribution in [1.82, 2.24) is 9.37 Å². The number of nitrogens with zero attached hydrogens (tertiary/aromatic N) is 2. The van der Waals surface area contributed by atoms with E-state index in [0.717, 1.165) is 11.3 Å². The Morgan fingerprint density at radius 1 is 1.32 bits per heavy atom. The van der Waals surface area contributed by atoms with Gasteiger partial charge in [-0.05, 0) is 31.5 Å². The first-order valence-electron chi connectivity index (χ1n) is 7.25. The predicted molar refractivity (Wildman–Crippen MR) is 85.1 cm³/mol. The lowest BCUT2D eigenvalue weighted by Crippen LogP contribution is -2.43. The molecule has 1 fully saturated rings. The van der Waals surface area contributed by atoms with E-state index in [1.165, 1.54) is 4.31 Å². The SMILES string of the molecule is COc1ccc(C2C(S(=O)(=O)N(C)C(C)C)CON2C)cc1. The van der Waals surface area contributed by atoms with Crippen LogP contribution in [0.15, 0.2) is 24.3 Å². The first kappa shape index (κ1) is 17.2. The molecule has 0 amide bonds. The minimum absolute atomic E-state index is 0.0903. The van der Waals surface area contributed by atoms with Gasteiger partial charge in [0.1, 0.15) is 11.0 Å². The smallest absolute Gasteiger partial charge is 0.221 e. The van der Waals surface area contributed by atoms with Gasteiger partial charge in [-0.25, -0.2) is 12.7 Å². The molecular weight excluding hydrogens is 304 g/mol. The maximum absolute atomic E-state index is 12.8. The van der Waals surface area contributed by atoms with Crippen molar-refractivity contribution < 1.29 is 18.0 Å². The molecule has 0 spiro atoms. The standard InChI is InChI=1S/C15H24N2O4S/c1-11(2)17(4)22(18,19)14-10-21-16(3)15(14)12-6-8-13(20-5)9-7-12/h6-9,11,14-15H,10H2,1-5H3. The molecule has 6 nitrogen and oxygen atoms in total. The molecule has 0 aromatic heterocycles. The van der Waals surface area contributed by atoms with Crippen LogP contribution in [0.1, 0.15) is 25.5 Å². The zero-order valence-electron chi connectivity index (χ0n) is 13.7. The molecule has 1 aliphatic heterocycles. The third kappa shape index (κ3) is 3.12. The lowest BCUT2D eigenvalue weighted by atomic mass is 10.0. The van der Waals surface area contributed by atoms with Crippen LogP contribution in [0.3, 0.4) is 0 Å². The fourth-order valence-electron chi connectivity index (χ4n) is 2.58. The van der Waals surface area contributed by atoms with Crippen LogP contribution in [0.5, 0.6) is 5.75 Å². The van der Waals surface area contributed by atoms with Crippen molar-refractivity contribution in [2.45, 2.75) is 31.2 Å². The fraction of sp³-hybridized carbons (Fsp3) is 0.600. The zero-order chi connectivity index (χ0) is 16.5. The Bertz CT molecular complexity index is 600. The molecule has 22 heavy (non-hydrogen) atoms. The highest BCUT2D eigenvalue weighted by Crippen LogP contribution is 2.35. The summed E-state index contributed by atoms with van der Waals surface area (Å²) in [6.45, 7) is 3.88. The molecule has 7 heteroatoms. The highest BCUT2D eigenvalue weighted by atomic mass is 32.2. The number of hydrogen-bond acceptors (Lipinski definition) is 5. The van der Waals surface area contributed by atoms with E-state index in [2.05, 4.69) is 0 Å². The van der Waals surface area contributed by atoms with E-state index >= 15 is 0 Å². The second-order valence-electron chi connectivity index (χ2n) is 5.75. The molecule has 2 unspecified atom stereocenters. The van der Waals surface area contributed by atoms with Crippen molar-refractivity contribution in [1.29, 1.82) is 0 Å². The van der Waals surface area contributed by atoms with E-state index in [0.29, 0.717) is 0 Å². The summed E-state index contributed by atoms with van der Waals surface area (Å²) in [5.74, 6) is 0.740. The van der Waals surface area contributed by atoms with Crippen molar-refractivity contribution >= 4 is 10.0 Å². The summed E-state index contributed by atoms with van der Waals surface area (Å²) in [6, 6.07) is 7.00. The number of rotatable bonds is 5. The first-order valence-corrected chi connectivity index (χ1v) is 8.76. The molecule has 0 bridgehead atoms. The molecule has 2 rings (SSSR count). The van der Waals surface area contributed by atoms with Gasteiger partial charge in [-0.15, -0.1) is 0 Å². The van der Waals surface area contributed by atoms with E-state index in [-0.39, 0.29) is 18.7 Å². The van der Waals surface area contributed by atoms with Crippen LogP contribution >= 0.6 is 0 Å². The maximum atomic E-state index is 12.8. The Hall–Kier alpha value is -1.15. The van der Waals surface area contributed by atoms with Gasteiger partial charge in [-0.2, -0.15) is 5.06 Å². The number of methoxy groups -OCH3 is 1. The maximum Gasteiger partial charge on any atom is 0.221 e. The van der Waals surface area contributed by atoms with Crippen LogP contribution < -0.4 is 4.74 Å². The van der Waals surface area contributed by atoms with Crippen molar-refractivity contribution in [2.24, 2.45) is 0 Å². The minimum Gasteiger partial charge on any atom is -0.497 e. The van der Waals surface area contributed by atoms with Gasteiger partial charge < -0.3 is 4.74 Å². The van der Waals surface area contributed by atoms with Crippen LogP contribution in [0.25, 0.3) is 0 Å². The van der Waals surface area contributed by atoms with Gasteiger partial charge in [0.15, 0.2) is 0 Å². The van der Waals surface area contributed by atoms with Gasteiger partial charge in [0.25, 0.3) is 0 Å². The molecule has 0 aliphatic carbocycles. The molecule has 0 radical (unpaired) electrons. The molecule has 2 atom stereocenters. The quantitative estimate of drug-likeness (QED) is 0.822. The van der Waals surface area contributed by atoms with E-state index in [4.69, 9.17) is 9.57 Å². The third-order valence-corrected chi connectivity index (χ3v) is 6.54. The summed E-state index contributed by atoms with van der Waals surface area (Å²) in [6.07, 6.45) is 0. The van der Waals surface area contributed by atoms with Crippen LogP contribution in [0.2, 0.25) is 0 Å². The molecule has 0 saturated carbocycles. The van der Waals surface area contributed by atoms with Crippen molar-refractivity contribution in [3.63, 3.8) is 0 Å². The summed E-state index contributed by atoms with van der Waals surface area (Å²) in [5, 5.41) is 0.997. The van der Waals surface area contributed by atoms with Crippen LogP contribution in [-0.4, -0.2) is 56.9 Å². The molecule has 1 aromatic carbocycles. The average Bonchev–Trinajstić information content (AvgIpc) is 2.88. The minimum atomic E-state index is -3.45. The Morgan fingerprint density at radius 3 is 2.41 bits per heavy atom. The molecular formula is C15H24N2O4S. The first-order chi connectivity index (χ1) is 10.3. The van der Waals surface area contributed by atoms with Crippen LogP contribution in [0, 0.1) is 0 Å². The van der Waals surface area contributed by atoms with Crippen LogP contribution in [0.4, 0.5) is 0 Å². The largest absolute Gasteiger partial charge is 0.497 e. The van der Waals surface area contributed by atoms with E-state index in [1.54, 1.807) is 26.3 Å². The number of sulfonamides is 1. The van der Waals surface area contributed by atoms with Crippen molar-refractivity contribution in [3.8, 4) is 5.75 Å². The summed E-state index contributed by atoms with van der Waals surface area (Å²) in [7, 11) is 1.53. The Balaban J connectivity index is 2.35. The highest BCUT2D eigenvalue weighted by Gasteiger charge is 2.45. The van der Waals surface area contributed by atoms with E-state index < -0.39 is 15.3 Å². The van der Waals surface area contributed by atoms with Gasteiger partial charge in [-0.1, -0.05) is 12.1 Å².